The first-order valence-electron chi connectivity index (χ1n) is 13.5. The molecule has 212 valence electrons. The molecular formula is C31H30ClFN4O4. The zero-order valence-electron chi connectivity index (χ0n) is 22.7. The number of halogens is 2. The van der Waals surface area contributed by atoms with Crippen LogP contribution in [-0.2, 0) is 14.3 Å². The van der Waals surface area contributed by atoms with Crippen molar-refractivity contribution < 1.29 is 23.5 Å². The Morgan fingerprint density at radius 3 is 2.76 bits per heavy atom. The van der Waals surface area contributed by atoms with Crippen LogP contribution in [-0.4, -0.2) is 41.4 Å². The first-order chi connectivity index (χ1) is 19.7. The zero-order chi connectivity index (χ0) is 29.1. The van der Waals surface area contributed by atoms with Crippen LogP contribution in [0.1, 0.15) is 49.9 Å². The van der Waals surface area contributed by atoms with Gasteiger partial charge in [-0.25, -0.2) is 9.18 Å². The average Bonchev–Trinajstić information content (AvgIpc) is 2.96. The summed E-state index contributed by atoms with van der Waals surface area (Å²) >= 11 is 5.98. The monoisotopic (exact) mass is 576 g/mol. The lowest BCUT2D eigenvalue weighted by molar-refractivity contribution is -0.129. The number of pyridine rings is 1. The van der Waals surface area contributed by atoms with Gasteiger partial charge in [0.1, 0.15) is 5.82 Å². The van der Waals surface area contributed by atoms with E-state index in [1.165, 1.54) is 19.3 Å². The van der Waals surface area contributed by atoms with Crippen molar-refractivity contribution in [3.05, 3.63) is 82.9 Å². The minimum atomic E-state index is -0.617. The molecule has 0 spiro atoms. The van der Waals surface area contributed by atoms with Gasteiger partial charge in [0.2, 0.25) is 11.8 Å². The highest BCUT2D eigenvalue weighted by Crippen LogP contribution is 2.37. The van der Waals surface area contributed by atoms with Gasteiger partial charge in [-0.1, -0.05) is 43.1 Å². The number of amides is 3. The molecule has 2 aromatic carbocycles. The second-order valence-corrected chi connectivity index (χ2v) is 10.6. The Kier molecular flexibility index (Phi) is 8.35. The maximum absolute atomic E-state index is 14.7. The fraction of sp³-hybridized carbons (Fsp3) is 0.290. The minimum Gasteiger partial charge on any atom is -0.453 e. The summed E-state index contributed by atoms with van der Waals surface area (Å²) in [6.45, 7) is 2.26. The second kappa shape index (κ2) is 12.1. The lowest BCUT2D eigenvalue weighted by Crippen LogP contribution is -2.38. The highest BCUT2D eigenvalue weighted by Gasteiger charge is 2.30. The Morgan fingerprint density at radius 2 is 1.98 bits per heavy atom. The number of benzene rings is 2. The van der Waals surface area contributed by atoms with E-state index in [1.807, 2.05) is 25.1 Å². The molecule has 0 saturated carbocycles. The number of ether oxygens (including phenoxy) is 1. The molecule has 0 fully saturated rings. The van der Waals surface area contributed by atoms with E-state index in [0.717, 1.165) is 16.8 Å². The maximum atomic E-state index is 14.7. The molecule has 1 aromatic heterocycles. The summed E-state index contributed by atoms with van der Waals surface area (Å²) in [5, 5.41) is 5.67. The van der Waals surface area contributed by atoms with E-state index in [4.69, 9.17) is 16.3 Å². The molecule has 2 aliphatic rings. The molecule has 3 aromatic rings. The summed E-state index contributed by atoms with van der Waals surface area (Å²) in [5.74, 6) is -1.18. The minimum absolute atomic E-state index is 0.0187. The number of rotatable bonds is 3. The molecular weight excluding hydrogens is 547 g/mol. The van der Waals surface area contributed by atoms with Crippen molar-refractivity contribution in [1.82, 2.24) is 9.88 Å². The molecule has 0 unspecified atom stereocenters. The number of hydrogen-bond donors (Lipinski definition) is 2. The summed E-state index contributed by atoms with van der Waals surface area (Å²) in [6.07, 6.45) is 4.93. The SMILES string of the molecule is COC(=O)Nc1ccc2c(c1)NC(=O)[C@H](C)CCC[C@H](N1CCC(c3cccc(Cl)c3F)=CC1=O)c1cc-2ccn1. The van der Waals surface area contributed by atoms with Crippen molar-refractivity contribution in [2.24, 2.45) is 5.92 Å². The normalized spacial score (nSPS) is 19.2. The Morgan fingerprint density at radius 1 is 1.15 bits per heavy atom. The molecule has 41 heavy (non-hydrogen) atoms. The van der Waals surface area contributed by atoms with Gasteiger partial charge in [0, 0.05) is 41.5 Å². The summed E-state index contributed by atoms with van der Waals surface area (Å²) in [7, 11) is 1.28. The smallest absolute Gasteiger partial charge is 0.411 e. The van der Waals surface area contributed by atoms with Crippen molar-refractivity contribution >= 4 is 46.5 Å². The summed E-state index contributed by atoms with van der Waals surface area (Å²) in [5.41, 5.74) is 4.22. The predicted molar refractivity (Wildman–Crippen MR) is 156 cm³/mol. The van der Waals surface area contributed by atoms with Crippen molar-refractivity contribution in [2.45, 2.75) is 38.6 Å². The van der Waals surface area contributed by atoms with E-state index < -0.39 is 11.9 Å². The topological polar surface area (TPSA) is 101 Å². The van der Waals surface area contributed by atoms with Gasteiger partial charge in [-0.15, -0.1) is 0 Å². The van der Waals surface area contributed by atoms with Crippen LogP contribution in [0.25, 0.3) is 16.7 Å². The molecule has 3 heterocycles. The van der Waals surface area contributed by atoms with Gasteiger partial charge in [0.25, 0.3) is 0 Å². The maximum Gasteiger partial charge on any atom is 0.411 e. The van der Waals surface area contributed by atoms with Gasteiger partial charge in [0.05, 0.1) is 29.6 Å². The largest absolute Gasteiger partial charge is 0.453 e. The Bertz CT molecular complexity index is 1540. The third-order valence-electron chi connectivity index (χ3n) is 7.58. The number of methoxy groups -OCH3 is 1. The number of fused-ring (bicyclic) bond motifs is 4. The average molecular weight is 577 g/mol. The van der Waals surface area contributed by atoms with E-state index >= 15 is 0 Å². The molecule has 2 atom stereocenters. The molecule has 0 radical (unpaired) electrons. The Balaban J connectivity index is 1.51. The lowest BCUT2D eigenvalue weighted by Gasteiger charge is -2.34. The molecule has 2 N–H and O–H groups in total. The van der Waals surface area contributed by atoms with E-state index in [2.05, 4.69) is 15.6 Å². The van der Waals surface area contributed by atoms with Gasteiger partial charge in [-0.3, -0.25) is 19.9 Å². The third-order valence-corrected chi connectivity index (χ3v) is 7.87. The lowest BCUT2D eigenvalue weighted by atomic mass is 9.92. The van der Waals surface area contributed by atoms with Crippen molar-refractivity contribution in [1.29, 1.82) is 0 Å². The second-order valence-electron chi connectivity index (χ2n) is 10.2. The highest BCUT2D eigenvalue weighted by molar-refractivity contribution is 6.31. The van der Waals surface area contributed by atoms with E-state index in [9.17, 15) is 18.8 Å². The van der Waals surface area contributed by atoms with Crippen LogP contribution in [0.15, 0.2) is 60.8 Å². The van der Waals surface area contributed by atoms with Gasteiger partial charge in [-0.05, 0) is 60.7 Å². The van der Waals surface area contributed by atoms with Gasteiger partial charge in [0.15, 0.2) is 0 Å². The Labute approximate surface area is 242 Å². The number of carbonyl (C=O) groups is 3. The molecule has 0 saturated heterocycles. The van der Waals surface area contributed by atoms with Crippen LogP contribution < -0.4 is 10.6 Å². The van der Waals surface area contributed by atoms with Crippen LogP contribution in [0.2, 0.25) is 5.02 Å². The van der Waals surface area contributed by atoms with Crippen molar-refractivity contribution in [2.75, 3.05) is 24.3 Å². The molecule has 5 rings (SSSR count). The molecule has 3 amide bonds. The van der Waals surface area contributed by atoms with Crippen LogP contribution in [0.5, 0.6) is 0 Å². The van der Waals surface area contributed by atoms with Gasteiger partial charge < -0.3 is 15.0 Å². The van der Waals surface area contributed by atoms with Crippen LogP contribution >= 0.6 is 11.6 Å². The number of nitrogens with one attached hydrogen (secondary N) is 2. The van der Waals surface area contributed by atoms with Crippen LogP contribution in [0.4, 0.5) is 20.6 Å². The number of anilines is 2. The summed E-state index contributed by atoms with van der Waals surface area (Å²) in [4.78, 5) is 44.8. The number of carbonyl (C=O) groups excluding carboxylic acids is 3. The van der Waals surface area contributed by atoms with E-state index in [-0.39, 0.29) is 28.8 Å². The van der Waals surface area contributed by atoms with Gasteiger partial charge in [-0.2, -0.15) is 0 Å². The molecule has 8 nitrogen and oxygen atoms in total. The van der Waals surface area contributed by atoms with Crippen LogP contribution in [0.3, 0.4) is 0 Å². The first kappa shape index (κ1) is 28.3. The standard InChI is InChI=1S/C31H30ClFN4O4/c1-18-5-3-8-27(37-14-12-20(16-28(37)38)23-6-4-7-24(32)29(23)33)26-15-19(11-13-34-26)22-10-9-21(35-31(40)41-2)17-25(22)36-30(18)39/h4,6-7,9-11,13,15-18,27H,3,5,8,12,14H2,1-2H3,(H,35,40)(H,36,39)/t18-,27+/m1/s1. The van der Waals surface area contributed by atoms with Gasteiger partial charge >= 0.3 is 6.09 Å². The fourth-order valence-electron chi connectivity index (χ4n) is 5.34. The molecule has 2 bridgehead atoms. The van der Waals surface area contributed by atoms with Crippen molar-refractivity contribution in [3.63, 3.8) is 0 Å². The predicted octanol–water partition coefficient (Wildman–Crippen LogP) is 6.83. The molecule has 2 aliphatic heterocycles. The van der Waals surface area contributed by atoms with E-state index in [1.54, 1.807) is 35.4 Å². The summed E-state index contributed by atoms with van der Waals surface area (Å²) in [6, 6.07) is 13.5. The molecule has 10 heteroatoms. The third kappa shape index (κ3) is 6.10. The van der Waals surface area contributed by atoms with Crippen LogP contribution in [0, 0.1) is 11.7 Å². The zero-order valence-corrected chi connectivity index (χ0v) is 23.5. The quantitative estimate of drug-likeness (QED) is 0.356. The van der Waals surface area contributed by atoms with E-state index in [0.29, 0.717) is 54.7 Å². The number of hydrogen-bond acceptors (Lipinski definition) is 5. The number of aromatic nitrogens is 1. The first-order valence-corrected chi connectivity index (χ1v) is 13.8. The highest BCUT2D eigenvalue weighted by atomic mass is 35.5. The molecule has 0 aliphatic carbocycles. The Hall–Kier alpha value is -4.24. The number of nitrogens with zero attached hydrogens (tertiary/aromatic N) is 2. The van der Waals surface area contributed by atoms with Crippen molar-refractivity contribution in [3.8, 4) is 11.1 Å². The fourth-order valence-corrected chi connectivity index (χ4v) is 5.52. The summed E-state index contributed by atoms with van der Waals surface area (Å²) < 4.78 is 19.4.